The summed E-state index contributed by atoms with van der Waals surface area (Å²) in [7, 11) is 0. The molecule has 2 unspecified atom stereocenters. The Balaban J connectivity index is 1.63. The van der Waals surface area contributed by atoms with Crippen LogP contribution in [0.2, 0.25) is 0 Å². The van der Waals surface area contributed by atoms with Crippen molar-refractivity contribution in [3.05, 3.63) is 89.4 Å². The van der Waals surface area contributed by atoms with Crippen LogP contribution < -0.4 is 5.01 Å². The quantitative estimate of drug-likeness (QED) is 0.748. The van der Waals surface area contributed by atoms with E-state index >= 15 is 0 Å². The number of anilines is 1. The van der Waals surface area contributed by atoms with E-state index in [-0.39, 0.29) is 12.0 Å². The molecular weight excluding hydrogens is 340 g/mol. The van der Waals surface area contributed by atoms with Crippen molar-refractivity contribution in [2.75, 3.05) is 5.01 Å². The van der Waals surface area contributed by atoms with Crippen LogP contribution in [0, 0.1) is 5.92 Å². The Morgan fingerprint density at radius 2 is 1.96 bits per heavy atom. The van der Waals surface area contributed by atoms with Crippen molar-refractivity contribution in [3.8, 4) is 0 Å². The van der Waals surface area contributed by atoms with Crippen molar-refractivity contribution < 1.29 is 14.3 Å². The fraction of sp³-hybridized carbons (Fsp3) is 0.182. The van der Waals surface area contributed by atoms with Gasteiger partial charge in [-0.1, -0.05) is 24.3 Å². The number of para-hydroxylation sites is 1. The molecule has 1 aliphatic heterocycles. The Labute approximate surface area is 156 Å². The number of rotatable bonds is 3. The van der Waals surface area contributed by atoms with Gasteiger partial charge in [-0.3, -0.25) is 5.01 Å². The summed E-state index contributed by atoms with van der Waals surface area (Å²) in [6.45, 7) is 0. The van der Waals surface area contributed by atoms with E-state index in [9.17, 15) is 9.90 Å². The summed E-state index contributed by atoms with van der Waals surface area (Å²) >= 11 is 0. The number of fused-ring (bicyclic) bond motifs is 3. The number of carboxylic acid groups (broad SMARTS) is 1. The average Bonchev–Trinajstić information content (AvgIpc) is 3.35. The highest BCUT2D eigenvalue weighted by atomic mass is 16.4. The number of furan rings is 1. The highest BCUT2D eigenvalue weighted by Gasteiger charge is 2.43. The number of benzene rings is 2. The third-order valence-electron chi connectivity index (χ3n) is 5.42. The van der Waals surface area contributed by atoms with E-state index in [0.29, 0.717) is 5.56 Å². The molecule has 0 spiro atoms. The Hall–Kier alpha value is -3.34. The van der Waals surface area contributed by atoms with Gasteiger partial charge in [0.1, 0.15) is 11.8 Å². The number of nitrogens with zero attached hydrogens (tertiary/aromatic N) is 2. The van der Waals surface area contributed by atoms with Crippen molar-refractivity contribution in [3.63, 3.8) is 0 Å². The third kappa shape index (κ3) is 2.54. The van der Waals surface area contributed by atoms with E-state index in [4.69, 9.17) is 9.52 Å². The van der Waals surface area contributed by atoms with Crippen LogP contribution in [-0.2, 0) is 6.42 Å². The van der Waals surface area contributed by atoms with Crippen LogP contribution in [0.1, 0.15) is 39.7 Å². The van der Waals surface area contributed by atoms with Crippen LogP contribution in [0.15, 0.2) is 76.4 Å². The van der Waals surface area contributed by atoms with Crippen LogP contribution in [0.4, 0.5) is 5.69 Å². The number of hydrogen-bond donors (Lipinski definition) is 1. The van der Waals surface area contributed by atoms with Crippen LogP contribution >= 0.6 is 0 Å². The summed E-state index contributed by atoms with van der Waals surface area (Å²) in [4.78, 5) is 11.3. The highest BCUT2D eigenvalue weighted by Crippen LogP contribution is 2.45. The van der Waals surface area contributed by atoms with Gasteiger partial charge in [0.15, 0.2) is 0 Å². The Kier molecular flexibility index (Phi) is 3.60. The van der Waals surface area contributed by atoms with Crippen molar-refractivity contribution in [1.29, 1.82) is 0 Å². The SMILES string of the molecule is O=C(O)c1ccc2c(c1)CCC1C2=NN(c2ccccc2)C1c1ccco1. The number of hydrogen-bond acceptors (Lipinski definition) is 4. The molecule has 0 radical (unpaired) electrons. The van der Waals surface area contributed by atoms with Crippen LogP contribution in [0.3, 0.4) is 0 Å². The molecule has 0 saturated heterocycles. The highest BCUT2D eigenvalue weighted by molar-refractivity contribution is 6.07. The minimum atomic E-state index is -0.896. The van der Waals surface area contributed by atoms with Gasteiger partial charge < -0.3 is 9.52 Å². The molecule has 0 amide bonds. The minimum Gasteiger partial charge on any atom is -0.478 e. The topological polar surface area (TPSA) is 66.0 Å². The van der Waals surface area contributed by atoms with E-state index in [0.717, 1.165) is 41.1 Å². The average molecular weight is 358 g/mol. The first-order valence-electron chi connectivity index (χ1n) is 9.05. The van der Waals surface area contributed by atoms with E-state index in [1.165, 1.54) is 0 Å². The molecule has 2 heterocycles. The van der Waals surface area contributed by atoms with Gasteiger partial charge in [-0.15, -0.1) is 0 Å². The largest absolute Gasteiger partial charge is 0.478 e. The van der Waals surface area contributed by atoms with Crippen molar-refractivity contribution in [2.45, 2.75) is 18.9 Å². The van der Waals surface area contributed by atoms with Crippen LogP contribution in [0.25, 0.3) is 0 Å². The zero-order valence-electron chi connectivity index (χ0n) is 14.6. The Morgan fingerprint density at radius 1 is 1.11 bits per heavy atom. The van der Waals surface area contributed by atoms with E-state index in [1.54, 1.807) is 18.4 Å². The lowest BCUT2D eigenvalue weighted by molar-refractivity contribution is 0.0696. The second kappa shape index (κ2) is 6.13. The lowest BCUT2D eigenvalue weighted by atomic mass is 9.78. The zero-order chi connectivity index (χ0) is 18.4. The number of hydrazone groups is 1. The van der Waals surface area contributed by atoms with Gasteiger partial charge in [0.2, 0.25) is 0 Å². The molecule has 2 atom stereocenters. The molecule has 1 N–H and O–H groups in total. The Morgan fingerprint density at radius 3 is 2.70 bits per heavy atom. The molecule has 2 aromatic carbocycles. The van der Waals surface area contributed by atoms with Crippen LogP contribution in [0.5, 0.6) is 0 Å². The number of carbonyl (C=O) groups is 1. The summed E-state index contributed by atoms with van der Waals surface area (Å²) < 4.78 is 5.76. The van der Waals surface area contributed by atoms with Gasteiger partial charge in [0.25, 0.3) is 0 Å². The summed E-state index contributed by atoms with van der Waals surface area (Å²) in [6, 6.07) is 19.4. The molecule has 1 aromatic heterocycles. The first kappa shape index (κ1) is 15.9. The fourth-order valence-corrected chi connectivity index (χ4v) is 4.19. The first-order valence-corrected chi connectivity index (χ1v) is 9.05. The summed E-state index contributed by atoms with van der Waals surface area (Å²) in [5.74, 6) is 0.209. The number of aryl methyl sites for hydroxylation is 1. The van der Waals surface area contributed by atoms with Gasteiger partial charge >= 0.3 is 5.97 Å². The summed E-state index contributed by atoms with van der Waals surface area (Å²) in [5, 5.41) is 16.3. The molecular formula is C22H18N2O3. The van der Waals surface area contributed by atoms with Crippen LogP contribution in [-0.4, -0.2) is 16.8 Å². The lowest BCUT2D eigenvalue weighted by Gasteiger charge is -2.29. The molecule has 5 nitrogen and oxygen atoms in total. The summed E-state index contributed by atoms with van der Waals surface area (Å²) in [5.41, 5.74) is 4.46. The number of carboxylic acids is 1. The van der Waals surface area contributed by atoms with E-state index in [2.05, 4.69) is 0 Å². The van der Waals surface area contributed by atoms with Crippen molar-refractivity contribution >= 4 is 17.4 Å². The molecule has 134 valence electrons. The van der Waals surface area contributed by atoms with Gasteiger partial charge in [-0.2, -0.15) is 5.10 Å². The van der Waals surface area contributed by atoms with Gasteiger partial charge in [-0.25, -0.2) is 4.79 Å². The Bertz CT molecular complexity index is 1020. The lowest BCUT2D eigenvalue weighted by Crippen LogP contribution is -2.28. The second-order valence-electron chi connectivity index (χ2n) is 6.95. The first-order chi connectivity index (χ1) is 13.2. The minimum absolute atomic E-state index is 0.00435. The smallest absolute Gasteiger partial charge is 0.335 e. The predicted molar refractivity (Wildman–Crippen MR) is 102 cm³/mol. The molecule has 27 heavy (non-hydrogen) atoms. The standard InChI is InChI=1S/C22H18N2O3/c25-22(26)15-9-10-17-14(13-15)8-11-18-20(17)23-24(16-5-2-1-3-6-16)21(18)19-7-4-12-27-19/h1-7,9-10,12-13,18,21H,8,11H2,(H,25,26). The molecule has 0 fully saturated rings. The second-order valence-corrected chi connectivity index (χ2v) is 6.95. The summed E-state index contributed by atoms with van der Waals surface area (Å²) in [6.07, 6.45) is 3.44. The van der Waals surface area contributed by atoms with E-state index in [1.807, 2.05) is 53.5 Å². The predicted octanol–water partition coefficient (Wildman–Crippen LogP) is 4.51. The number of aromatic carboxylic acids is 1. The van der Waals surface area contributed by atoms with Crippen molar-refractivity contribution in [2.24, 2.45) is 11.0 Å². The maximum Gasteiger partial charge on any atom is 0.335 e. The van der Waals surface area contributed by atoms with Gasteiger partial charge in [0, 0.05) is 11.5 Å². The normalized spacial score (nSPS) is 20.7. The fourth-order valence-electron chi connectivity index (χ4n) is 4.19. The zero-order valence-corrected chi connectivity index (χ0v) is 14.6. The monoisotopic (exact) mass is 358 g/mol. The molecule has 5 heteroatoms. The van der Waals surface area contributed by atoms with Gasteiger partial charge in [0.05, 0.1) is 23.2 Å². The molecule has 1 aliphatic carbocycles. The van der Waals surface area contributed by atoms with Crippen molar-refractivity contribution in [1.82, 2.24) is 0 Å². The molecule has 3 aromatic rings. The molecule has 0 bridgehead atoms. The molecule has 0 saturated carbocycles. The van der Waals surface area contributed by atoms with Gasteiger partial charge in [-0.05, 0) is 54.8 Å². The van der Waals surface area contributed by atoms with E-state index < -0.39 is 5.97 Å². The maximum absolute atomic E-state index is 11.3. The molecule has 5 rings (SSSR count). The third-order valence-corrected chi connectivity index (χ3v) is 5.42. The molecule has 2 aliphatic rings. The maximum atomic E-state index is 11.3.